The summed E-state index contributed by atoms with van der Waals surface area (Å²) in [7, 11) is 0. The number of hydrogen-bond acceptors (Lipinski definition) is 7. The SMILES string of the molecule is c1ccc(-c2nc(-c3cc(-c4nc5c(ccc6sc7ccccc7c65)s4)c4ccccc4c3)nc(-c3cccc4c3sc3ccccc34)n2)cc1. The van der Waals surface area contributed by atoms with E-state index in [0.29, 0.717) is 17.5 Å². The van der Waals surface area contributed by atoms with Gasteiger partial charge < -0.3 is 0 Å². The molecule has 7 heteroatoms. The zero-order valence-electron chi connectivity index (χ0n) is 26.9. The molecule has 0 saturated carbocycles. The van der Waals surface area contributed by atoms with Crippen molar-refractivity contribution >= 4 is 95.3 Å². The highest BCUT2D eigenvalue weighted by Gasteiger charge is 2.20. The minimum Gasteiger partial charge on any atom is -0.235 e. The molecule has 0 aliphatic rings. The van der Waals surface area contributed by atoms with Crippen molar-refractivity contribution in [3.05, 3.63) is 146 Å². The van der Waals surface area contributed by atoms with Gasteiger partial charge in [0.2, 0.25) is 0 Å². The van der Waals surface area contributed by atoms with Crippen LogP contribution in [-0.2, 0) is 0 Å². The lowest BCUT2D eigenvalue weighted by atomic mass is 10.0. The summed E-state index contributed by atoms with van der Waals surface area (Å²) in [5.41, 5.74) is 5.02. The molecule has 0 amide bonds. The highest BCUT2D eigenvalue weighted by Crippen LogP contribution is 2.44. The van der Waals surface area contributed by atoms with Crippen molar-refractivity contribution in [3.63, 3.8) is 0 Å². The predicted molar refractivity (Wildman–Crippen MR) is 218 cm³/mol. The van der Waals surface area contributed by atoms with Crippen LogP contribution in [0.5, 0.6) is 0 Å². The van der Waals surface area contributed by atoms with E-state index in [4.69, 9.17) is 19.9 Å². The van der Waals surface area contributed by atoms with Gasteiger partial charge in [0.15, 0.2) is 17.5 Å². The molecule has 0 spiro atoms. The summed E-state index contributed by atoms with van der Waals surface area (Å²) in [6.45, 7) is 0. The van der Waals surface area contributed by atoms with E-state index in [1.165, 1.54) is 45.0 Å². The Balaban J connectivity index is 1.15. The van der Waals surface area contributed by atoms with Crippen LogP contribution in [0.3, 0.4) is 0 Å². The summed E-state index contributed by atoms with van der Waals surface area (Å²) in [6.07, 6.45) is 0. The Hall–Kier alpha value is -5.86. The second-order valence-corrected chi connectivity index (χ2v) is 15.8. The smallest absolute Gasteiger partial charge is 0.165 e. The van der Waals surface area contributed by atoms with Crippen molar-refractivity contribution in [2.24, 2.45) is 0 Å². The molecule has 0 fully saturated rings. The Kier molecular flexibility index (Phi) is 6.43. The van der Waals surface area contributed by atoms with Gasteiger partial charge in [-0.25, -0.2) is 19.9 Å². The van der Waals surface area contributed by atoms with Crippen LogP contribution in [0, 0.1) is 0 Å². The molecule has 4 aromatic heterocycles. The van der Waals surface area contributed by atoms with Gasteiger partial charge in [-0.3, -0.25) is 0 Å². The molecule has 0 radical (unpaired) electrons. The van der Waals surface area contributed by atoms with Crippen molar-refractivity contribution in [1.29, 1.82) is 0 Å². The average Bonchev–Trinajstić information content (AvgIpc) is 3.91. The van der Waals surface area contributed by atoms with Gasteiger partial charge in [-0.2, -0.15) is 0 Å². The lowest BCUT2D eigenvalue weighted by Crippen LogP contribution is -2.00. The Morgan fingerprint density at radius 1 is 0.373 bits per heavy atom. The Morgan fingerprint density at radius 2 is 1.04 bits per heavy atom. The number of thiophene rings is 2. The number of benzene rings is 7. The lowest BCUT2D eigenvalue weighted by molar-refractivity contribution is 1.08. The molecule has 0 bridgehead atoms. The minimum absolute atomic E-state index is 0.635. The summed E-state index contributed by atoms with van der Waals surface area (Å²) >= 11 is 5.35. The summed E-state index contributed by atoms with van der Waals surface area (Å²) in [4.78, 5) is 20.9. The number of aromatic nitrogens is 4. The van der Waals surface area contributed by atoms with Gasteiger partial charge in [-0.15, -0.1) is 34.0 Å². The lowest BCUT2D eigenvalue weighted by Gasteiger charge is -2.11. The zero-order valence-corrected chi connectivity index (χ0v) is 29.3. The van der Waals surface area contributed by atoms with Crippen molar-refractivity contribution in [2.75, 3.05) is 0 Å². The van der Waals surface area contributed by atoms with Gasteiger partial charge in [0.1, 0.15) is 5.01 Å². The predicted octanol–water partition coefficient (Wildman–Crippen LogP) is 13.0. The third-order valence-corrected chi connectivity index (χ3v) is 13.0. The average molecular weight is 705 g/mol. The molecular formula is C44H24N4S3. The first-order valence-corrected chi connectivity index (χ1v) is 19.2. The van der Waals surface area contributed by atoms with Gasteiger partial charge >= 0.3 is 0 Å². The number of nitrogens with zero attached hydrogens (tertiary/aromatic N) is 4. The molecule has 0 saturated heterocycles. The third kappa shape index (κ3) is 4.63. The van der Waals surface area contributed by atoms with Crippen LogP contribution < -0.4 is 0 Å². The van der Waals surface area contributed by atoms with Crippen LogP contribution in [0.25, 0.3) is 106 Å². The molecule has 51 heavy (non-hydrogen) atoms. The maximum absolute atomic E-state index is 5.38. The van der Waals surface area contributed by atoms with E-state index < -0.39 is 0 Å². The summed E-state index contributed by atoms with van der Waals surface area (Å²) < 4.78 is 6.16. The second kappa shape index (κ2) is 11.3. The van der Waals surface area contributed by atoms with Crippen LogP contribution in [0.15, 0.2) is 146 Å². The van der Waals surface area contributed by atoms with Gasteiger partial charge in [-0.1, -0.05) is 103 Å². The standard InChI is InChI=1S/C44H24N4S3/c1-2-11-25(12-3-1)41-46-42(48-43(47-41)32-18-10-17-30-29-15-6-8-19-34(29)50-40(30)32)27-23-26-13-4-5-14-28(26)33(24-27)44-45-39-37(51-44)22-21-36-38(39)31-16-7-9-20-35(31)49-36/h1-24H. The molecule has 0 aliphatic heterocycles. The molecule has 4 heterocycles. The molecule has 0 N–H and O–H groups in total. The highest BCUT2D eigenvalue weighted by molar-refractivity contribution is 7.27. The van der Waals surface area contributed by atoms with E-state index >= 15 is 0 Å². The summed E-state index contributed by atoms with van der Waals surface area (Å²) in [6, 6.07) is 51.3. The maximum Gasteiger partial charge on any atom is 0.165 e. The van der Waals surface area contributed by atoms with Gasteiger partial charge in [0, 0.05) is 62.6 Å². The van der Waals surface area contributed by atoms with E-state index in [0.717, 1.165) is 43.6 Å². The van der Waals surface area contributed by atoms with Crippen LogP contribution in [-0.4, -0.2) is 19.9 Å². The van der Waals surface area contributed by atoms with Crippen molar-refractivity contribution in [1.82, 2.24) is 19.9 Å². The first-order valence-electron chi connectivity index (χ1n) is 16.7. The molecule has 238 valence electrons. The zero-order chi connectivity index (χ0) is 33.5. The quantitative estimate of drug-likeness (QED) is 0.183. The van der Waals surface area contributed by atoms with E-state index in [1.54, 1.807) is 22.7 Å². The normalized spacial score (nSPS) is 11.9. The summed E-state index contributed by atoms with van der Waals surface area (Å²) in [5, 5.41) is 8.22. The molecule has 0 aliphatic carbocycles. The van der Waals surface area contributed by atoms with Gasteiger partial charge in [0.25, 0.3) is 0 Å². The number of thiazole rings is 1. The Labute approximate surface area is 304 Å². The molecule has 11 aromatic rings. The molecule has 11 rings (SSSR count). The molecule has 7 aromatic carbocycles. The fraction of sp³-hybridized carbons (Fsp3) is 0. The topological polar surface area (TPSA) is 51.6 Å². The molecular weight excluding hydrogens is 681 g/mol. The van der Waals surface area contributed by atoms with E-state index in [9.17, 15) is 0 Å². The number of rotatable bonds is 4. The monoisotopic (exact) mass is 704 g/mol. The Morgan fingerprint density at radius 3 is 1.90 bits per heavy atom. The van der Waals surface area contributed by atoms with Crippen LogP contribution >= 0.6 is 34.0 Å². The van der Waals surface area contributed by atoms with E-state index in [-0.39, 0.29) is 0 Å². The number of fused-ring (bicyclic) bond motifs is 9. The first-order chi connectivity index (χ1) is 25.2. The fourth-order valence-corrected chi connectivity index (χ4v) is 10.5. The van der Waals surface area contributed by atoms with Gasteiger partial charge in [-0.05, 0) is 53.2 Å². The third-order valence-electron chi connectivity index (χ3n) is 9.56. The van der Waals surface area contributed by atoms with Gasteiger partial charge in [0.05, 0.1) is 10.2 Å². The largest absolute Gasteiger partial charge is 0.235 e. The van der Waals surface area contributed by atoms with Crippen molar-refractivity contribution in [3.8, 4) is 44.7 Å². The van der Waals surface area contributed by atoms with Crippen molar-refractivity contribution in [2.45, 2.75) is 0 Å². The fourth-order valence-electron chi connectivity index (χ4n) is 7.20. The Bertz CT molecular complexity index is 3160. The number of hydrogen-bond donors (Lipinski definition) is 0. The van der Waals surface area contributed by atoms with Crippen LogP contribution in [0.4, 0.5) is 0 Å². The highest BCUT2D eigenvalue weighted by atomic mass is 32.1. The van der Waals surface area contributed by atoms with Crippen LogP contribution in [0.1, 0.15) is 0 Å². The molecule has 0 unspecified atom stereocenters. The van der Waals surface area contributed by atoms with Crippen LogP contribution in [0.2, 0.25) is 0 Å². The minimum atomic E-state index is 0.635. The first kappa shape index (κ1) is 28.9. The van der Waals surface area contributed by atoms with E-state index in [2.05, 4.69) is 127 Å². The van der Waals surface area contributed by atoms with E-state index in [1.807, 2.05) is 29.5 Å². The second-order valence-electron chi connectivity index (χ2n) is 12.6. The molecule has 4 nitrogen and oxygen atoms in total. The summed E-state index contributed by atoms with van der Waals surface area (Å²) in [5.74, 6) is 1.95. The maximum atomic E-state index is 5.38. The molecule has 0 atom stereocenters. The van der Waals surface area contributed by atoms with Crippen molar-refractivity contribution < 1.29 is 0 Å².